The average Bonchev–Trinajstić information content (AvgIpc) is 3.33. The van der Waals surface area contributed by atoms with Gasteiger partial charge in [0.25, 0.3) is 5.91 Å². The second kappa shape index (κ2) is 9.97. The van der Waals surface area contributed by atoms with E-state index in [0.29, 0.717) is 24.1 Å². The van der Waals surface area contributed by atoms with E-state index in [1.165, 1.54) is 19.3 Å². The van der Waals surface area contributed by atoms with Crippen molar-refractivity contribution in [2.24, 2.45) is 5.73 Å². The minimum Gasteiger partial charge on any atom is -0.384 e. The highest BCUT2D eigenvalue weighted by Gasteiger charge is 2.14. The molecule has 2 aromatic heterocycles. The van der Waals surface area contributed by atoms with E-state index in [1.54, 1.807) is 12.4 Å². The van der Waals surface area contributed by atoms with Gasteiger partial charge in [-0.15, -0.1) is 0 Å². The number of anilines is 1. The largest absolute Gasteiger partial charge is 0.384 e. The fourth-order valence-electron chi connectivity index (χ4n) is 4.52. The predicted octanol–water partition coefficient (Wildman–Crippen LogP) is 3.87. The molecule has 2 aromatic carbocycles. The van der Waals surface area contributed by atoms with E-state index < -0.39 is 0 Å². The van der Waals surface area contributed by atoms with Gasteiger partial charge in [0.1, 0.15) is 5.84 Å². The van der Waals surface area contributed by atoms with Crippen molar-refractivity contribution < 1.29 is 4.79 Å². The van der Waals surface area contributed by atoms with Crippen molar-refractivity contribution in [3.05, 3.63) is 77.6 Å². The molecule has 3 heterocycles. The second-order valence-electron chi connectivity index (χ2n) is 8.87. The first-order chi connectivity index (χ1) is 17.1. The lowest BCUT2D eigenvalue weighted by Gasteiger charge is -2.26. The lowest BCUT2D eigenvalue weighted by atomic mass is 10.1. The molecule has 8 nitrogen and oxygen atoms in total. The Kier molecular flexibility index (Phi) is 6.43. The SMILES string of the molecule is N=C(N)c1c[nH]c2ccc(CCNC(=O)c3ccc(-c4ccnc(N5CCCCC5)n4)cc3)cc12. The zero-order chi connectivity index (χ0) is 24.2. The van der Waals surface area contributed by atoms with Gasteiger partial charge in [-0.05, 0) is 61.6 Å². The number of fused-ring (bicyclic) bond motifs is 1. The molecule has 0 bridgehead atoms. The van der Waals surface area contributed by atoms with Gasteiger partial charge in [-0.1, -0.05) is 18.2 Å². The molecule has 1 amide bonds. The van der Waals surface area contributed by atoms with Crippen LogP contribution < -0.4 is 16.0 Å². The first kappa shape index (κ1) is 22.6. The molecule has 0 saturated carbocycles. The highest BCUT2D eigenvalue weighted by molar-refractivity contribution is 6.07. The molecule has 1 aliphatic rings. The van der Waals surface area contributed by atoms with Crippen LogP contribution in [0.3, 0.4) is 0 Å². The van der Waals surface area contributed by atoms with Crippen LogP contribution in [0, 0.1) is 5.41 Å². The summed E-state index contributed by atoms with van der Waals surface area (Å²) in [4.78, 5) is 27.2. The third-order valence-corrected chi connectivity index (χ3v) is 6.46. The highest BCUT2D eigenvalue weighted by Crippen LogP contribution is 2.22. The maximum absolute atomic E-state index is 12.7. The fourth-order valence-corrected chi connectivity index (χ4v) is 4.52. The molecule has 4 aromatic rings. The summed E-state index contributed by atoms with van der Waals surface area (Å²) in [5.74, 6) is 0.701. The Balaban J connectivity index is 1.20. The average molecular weight is 468 g/mol. The van der Waals surface area contributed by atoms with Crippen LogP contribution in [-0.2, 0) is 6.42 Å². The Hall–Kier alpha value is -4.20. The number of hydrogen-bond acceptors (Lipinski definition) is 5. The van der Waals surface area contributed by atoms with Crippen molar-refractivity contribution >= 4 is 28.6 Å². The number of H-pyrrole nitrogens is 1. The molecule has 8 heteroatoms. The summed E-state index contributed by atoms with van der Waals surface area (Å²) < 4.78 is 0. The first-order valence-corrected chi connectivity index (χ1v) is 12.0. The summed E-state index contributed by atoms with van der Waals surface area (Å²) in [5.41, 5.74) is 10.8. The van der Waals surface area contributed by atoms with Gasteiger partial charge in [-0.25, -0.2) is 9.97 Å². The Morgan fingerprint density at radius 2 is 1.89 bits per heavy atom. The maximum Gasteiger partial charge on any atom is 0.251 e. The lowest BCUT2D eigenvalue weighted by molar-refractivity contribution is 0.0954. The summed E-state index contributed by atoms with van der Waals surface area (Å²) in [5, 5.41) is 11.6. The number of nitrogens with two attached hydrogens (primary N) is 1. The number of carbonyl (C=O) groups excluding carboxylic acids is 1. The van der Waals surface area contributed by atoms with Crippen LogP contribution >= 0.6 is 0 Å². The Labute approximate surface area is 204 Å². The number of nitrogens with zero attached hydrogens (tertiary/aromatic N) is 3. The van der Waals surface area contributed by atoms with Gasteiger partial charge >= 0.3 is 0 Å². The second-order valence-corrected chi connectivity index (χ2v) is 8.87. The van der Waals surface area contributed by atoms with Gasteiger partial charge in [0, 0.05) is 59.6 Å². The Morgan fingerprint density at radius 1 is 1.09 bits per heavy atom. The van der Waals surface area contributed by atoms with Gasteiger partial charge in [0.2, 0.25) is 5.95 Å². The summed E-state index contributed by atoms with van der Waals surface area (Å²) >= 11 is 0. The van der Waals surface area contributed by atoms with Gasteiger partial charge in [0.05, 0.1) is 5.69 Å². The number of rotatable bonds is 7. The van der Waals surface area contributed by atoms with E-state index in [-0.39, 0.29) is 11.7 Å². The van der Waals surface area contributed by atoms with Crippen LogP contribution in [0.4, 0.5) is 5.95 Å². The molecule has 0 unspecified atom stereocenters. The standard InChI is InChI=1S/C27H29N7O/c28-25(29)22-17-32-24-9-4-18(16-21(22)24)10-12-30-26(35)20-7-5-19(6-8-20)23-11-13-31-27(33-23)34-14-2-1-3-15-34/h4-9,11,13,16-17,32H,1-3,10,12,14-15H2,(H3,28,29)(H,30,35). The molecule has 0 radical (unpaired) electrons. The molecule has 1 aliphatic heterocycles. The fraction of sp³-hybridized carbons (Fsp3) is 0.259. The number of nitrogens with one attached hydrogen (secondary N) is 3. The van der Waals surface area contributed by atoms with E-state index in [1.807, 2.05) is 48.5 Å². The van der Waals surface area contributed by atoms with Gasteiger partial charge in [0.15, 0.2) is 0 Å². The van der Waals surface area contributed by atoms with Crippen LogP contribution in [0.1, 0.15) is 40.7 Å². The van der Waals surface area contributed by atoms with Crippen molar-refractivity contribution in [2.45, 2.75) is 25.7 Å². The van der Waals surface area contributed by atoms with Crippen molar-refractivity contribution in [3.8, 4) is 11.3 Å². The summed E-state index contributed by atoms with van der Waals surface area (Å²) in [6, 6.07) is 15.4. The van der Waals surface area contributed by atoms with E-state index >= 15 is 0 Å². The Morgan fingerprint density at radius 3 is 2.66 bits per heavy atom. The van der Waals surface area contributed by atoms with Crippen LogP contribution in [0.25, 0.3) is 22.2 Å². The third kappa shape index (κ3) is 5.01. The quantitative estimate of drug-likeness (QED) is 0.243. The van der Waals surface area contributed by atoms with E-state index in [4.69, 9.17) is 16.1 Å². The number of aromatic amines is 1. The van der Waals surface area contributed by atoms with Crippen molar-refractivity contribution in [3.63, 3.8) is 0 Å². The molecule has 1 saturated heterocycles. The topological polar surface area (TPSA) is 124 Å². The first-order valence-electron chi connectivity index (χ1n) is 12.0. The third-order valence-electron chi connectivity index (χ3n) is 6.46. The highest BCUT2D eigenvalue weighted by atomic mass is 16.1. The van der Waals surface area contributed by atoms with Crippen LogP contribution in [0.15, 0.2) is 60.9 Å². The van der Waals surface area contributed by atoms with Crippen molar-refractivity contribution in [1.82, 2.24) is 20.3 Å². The molecular weight excluding hydrogens is 438 g/mol. The molecule has 0 aliphatic carbocycles. The summed E-state index contributed by atoms with van der Waals surface area (Å²) in [6.45, 7) is 2.51. The molecule has 0 atom stereocenters. The van der Waals surface area contributed by atoms with Gasteiger partial charge in [-0.3, -0.25) is 10.2 Å². The van der Waals surface area contributed by atoms with E-state index in [9.17, 15) is 4.79 Å². The zero-order valence-corrected chi connectivity index (χ0v) is 19.6. The number of amidine groups is 1. The minimum absolute atomic E-state index is 0.0369. The number of aromatic nitrogens is 3. The number of benzene rings is 2. The number of amides is 1. The normalized spacial score (nSPS) is 13.7. The number of nitrogen functional groups attached to an aromatic ring is 1. The monoisotopic (exact) mass is 467 g/mol. The molecule has 35 heavy (non-hydrogen) atoms. The van der Waals surface area contributed by atoms with E-state index in [2.05, 4.69) is 20.2 Å². The van der Waals surface area contributed by atoms with Crippen LogP contribution in [0.2, 0.25) is 0 Å². The van der Waals surface area contributed by atoms with Crippen LogP contribution in [-0.4, -0.2) is 46.3 Å². The molecule has 0 spiro atoms. The summed E-state index contributed by atoms with van der Waals surface area (Å²) in [7, 11) is 0. The zero-order valence-electron chi connectivity index (χ0n) is 19.6. The van der Waals surface area contributed by atoms with E-state index in [0.717, 1.165) is 46.8 Å². The van der Waals surface area contributed by atoms with Crippen molar-refractivity contribution in [2.75, 3.05) is 24.5 Å². The molecule has 178 valence electrons. The molecule has 1 fully saturated rings. The van der Waals surface area contributed by atoms with Gasteiger partial charge < -0.3 is 20.9 Å². The number of piperidine rings is 1. The smallest absolute Gasteiger partial charge is 0.251 e. The van der Waals surface area contributed by atoms with Gasteiger partial charge in [-0.2, -0.15) is 0 Å². The molecule has 5 N–H and O–H groups in total. The molecular formula is C27H29N7O. The number of carbonyl (C=O) groups is 1. The summed E-state index contributed by atoms with van der Waals surface area (Å²) in [6.07, 6.45) is 7.86. The maximum atomic E-state index is 12.7. The predicted molar refractivity (Wildman–Crippen MR) is 139 cm³/mol. The number of hydrogen-bond donors (Lipinski definition) is 4. The lowest BCUT2D eigenvalue weighted by Crippen LogP contribution is -2.30. The Bertz CT molecular complexity index is 1350. The van der Waals surface area contributed by atoms with Crippen molar-refractivity contribution in [1.29, 1.82) is 5.41 Å². The molecule has 5 rings (SSSR count). The minimum atomic E-state index is -0.111. The van der Waals surface area contributed by atoms with Crippen LogP contribution in [0.5, 0.6) is 0 Å².